The molecule has 2 fully saturated rings. The Kier molecular flexibility index (Phi) is 6.05. The van der Waals surface area contributed by atoms with Crippen LogP contribution in [-0.4, -0.2) is 53.1 Å². The zero-order valence-corrected chi connectivity index (χ0v) is 16.8. The summed E-state index contributed by atoms with van der Waals surface area (Å²) in [5.74, 6) is 7.53. The van der Waals surface area contributed by atoms with E-state index in [1.165, 1.54) is 0 Å². The van der Waals surface area contributed by atoms with Crippen LogP contribution < -0.4 is 10.1 Å². The molecule has 6 heteroatoms. The van der Waals surface area contributed by atoms with E-state index in [0.717, 1.165) is 26.1 Å². The molecule has 3 rings (SSSR count). The van der Waals surface area contributed by atoms with Gasteiger partial charge in [-0.05, 0) is 31.6 Å². The molecular formula is C21H31N3O3. The summed E-state index contributed by atoms with van der Waals surface area (Å²) in [6.07, 6.45) is 5.77. The molecule has 0 unspecified atom stereocenters. The van der Waals surface area contributed by atoms with E-state index in [-0.39, 0.29) is 23.0 Å². The SMILES string of the molecule is CC(C)(C#Cc1ncc(OC2CC(O)C2)cn1)CC(C)(C)COC1CNC1. The molecule has 0 aromatic carbocycles. The van der Waals surface area contributed by atoms with E-state index in [0.29, 0.717) is 30.5 Å². The number of ether oxygens (including phenoxy) is 2. The maximum absolute atomic E-state index is 9.30. The smallest absolute Gasteiger partial charge is 0.205 e. The van der Waals surface area contributed by atoms with Crippen molar-refractivity contribution in [2.75, 3.05) is 19.7 Å². The highest BCUT2D eigenvalue weighted by Gasteiger charge is 2.30. The summed E-state index contributed by atoms with van der Waals surface area (Å²) >= 11 is 0. The zero-order chi connectivity index (χ0) is 19.5. The second-order valence-corrected chi connectivity index (χ2v) is 9.17. The van der Waals surface area contributed by atoms with Crippen LogP contribution in [0.5, 0.6) is 5.75 Å². The Morgan fingerprint density at radius 1 is 1.15 bits per heavy atom. The minimum absolute atomic E-state index is 0.0552. The highest BCUT2D eigenvalue weighted by Crippen LogP contribution is 2.34. The van der Waals surface area contributed by atoms with Crippen LogP contribution >= 0.6 is 0 Å². The van der Waals surface area contributed by atoms with Crippen molar-refractivity contribution >= 4 is 0 Å². The van der Waals surface area contributed by atoms with Crippen molar-refractivity contribution in [3.63, 3.8) is 0 Å². The molecule has 6 nitrogen and oxygen atoms in total. The fraction of sp³-hybridized carbons (Fsp3) is 0.714. The molecule has 0 amide bonds. The van der Waals surface area contributed by atoms with Gasteiger partial charge in [0.15, 0.2) is 5.75 Å². The van der Waals surface area contributed by atoms with Crippen molar-refractivity contribution in [1.29, 1.82) is 0 Å². The van der Waals surface area contributed by atoms with Gasteiger partial charge in [0, 0.05) is 31.3 Å². The largest absolute Gasteiger partial charge is 0.487 e. The third-order valence-corrected chi connectivity index (χ3v) is 4.89. The summed E-state index contributed by atoms with van der Waals surface area (Å²) in [6, 6.07) is 0. The van der Waals surface area contributed by atoms with Gasteiger partial charge in [0.1, 0.15) is 6.10 Å². The Balaban J connectivity index is 1.51. The van der Waals surface area contributed by atoms with Crippen LogP contribution in [0.3, 0.4) is 0 Å². The van der Waals surface area contributed by atoms with Crippen molar-refractivity contribution < 1.29 is 14.6 Å². The molecule has 2 N–H and O–H groups in total. The molecule has 0 spiro atoms. The van der Waals surface area contributed by atoms with Gasteiger partial charge < -0.3 is 19.9 Å². The van der Waals surface area contributed by atoms with E-state index in [9.17, 15) is 5.11 Å². The van der Waals surface area contributed by atoms with Crippen molar-refractivity contribution in [2.24, 2.45) is 10.8 Å². The first kappa shape index (κ1) is 20.1. The monoisotopic (exact) mass is 373 g/mol. The summed E-state index contributed by atoms with van der Waals surface area (Å²) in [6.45, 7) is 11.4. The lowest BCUT2D eigenvalue weighted by atomic mass is 9.76. The lowest BCUT2D eigenvalue weighted by Crippen LogP contribution is -2.49. The van der Waals surface area contributed by atoms with Crippen molar-refractivity contribution in [2.45, 2.75) is 65.3 Å². The maximum Gasteiger partial charge on any atom is 0.205 e. The predicted octanol–water partition coefficient (Wildman–Crippen LogP) is 2.16. The standard InChI is InChI=1S/C21H31N3O3/c1-20(2,13-21(3,4)14-26-17-9-22-10-17)6-5-19-23-11-18(12-24-19)27-16-7-15(25)8-16/h11-12,15-17,22,25H,7-10,13-14H2,1-4H3. The summed E-state index contributed by atoms with van der Waals surface area (Å²) in [4.78, 5) is 8.57. The zero-order valence-electron chi connectivity index (χ0n) is 16.8. The van der Waals surface area contributed by atoms with Crippen LogP contribution in [0.15, 0.2) is 12.4 Å². The Bertz CT molecular complexity index is 681. The molecule has 1 saturated heterocycles. The average Bonchev–Trinajstić information content (AvgIpc) is 2.50. The number of aromatic nitrogens is 2. The minimum atomic E-state index is -0.233. The molecule has 2 heterocycles. The van der Waals surface area contributed by atoms with Gasteiger partial charge in [-0.2, -0.15) is 0 Å². The Morgan fingerprint density at radius 3 is 2.37 bits per heavy atom. The molecule has 1 aliphatic carbocycles. The molecular weight excluding hydrogens is 342 g/mol. The Labute approximate surface area is 162 Å². The second-order valence-electron chi connectivity index (χ2n) is 9.17. The fourth-order valence-electron chi connectivity index (χ4n) is 3.51. The van der Waals surface area contributed by atoms with Crippen LogP contribution in [0.4, 0.5) is 0 Å². The van der Waals surface area contributed by atoms with Gasteiger partial charge in [-0.25, -0.2) is 9.97 Å². The van der Waals surface area contributed by atoms with Crippen LogP contribution in [0.2, 0.25) is 0 Å². The predicted molar refractivity (Wildman–Crippen MR) is 103 cm³/mol. The third-order valence-electron chi connectivity index (χ3n) is 4.89. The first-order valence-corrected chi connectivity index (χ1v) is 9.73. The highest BCUT2D eigenvalue weighted by molar-refractivity contribution is 5.26. The highest BCUT2D eigenvalue weighted by atomic mass is 16.5. The molecule has 0 bridgehead atoms. The lowest BCUT2D eigenvalue weighted by molar-refractivity contribution is -0.0303. The number of aliphatic hydroxyl groups excluding tert-OH is 1. The molecule has 148 valence electrons. The number of rotatable bonds is 7. The normalized spacial score (nSPS) is 23.0. The number of hydrogen-bond donors (Lipinski definition) is 2. The van der Waals surface area contributed by atoms with Crippen LogP contribution in [0.25, 0.3) is 0 Å². The molecule has 0 radical (unpaired) electrons. The summed E-state index contributed by atoms with van der Waals surface area (Å²) in [5, 5.41) is 12.5. The summed E-state index contributed by atoms with van der Waals surface area (Å²) in [7, 11) is 0. The lowest BCUT2D eigenvalue weighted by Gasteiger charge is -2.35. The Hall–Kier alpha value is -1.68. The van der Waals surface area contributed by atoms with Crippen molar-refractivity contribution in [3.05, 3.63) is 18.2 Å². The molecule has 1 aromatic rings. The van der Waals surface area contributed by atoms with E-state index in [2.05, 4.69) is 54.8 Å². The maximum atomic E-state index is 9.30. The van der Waals surface area contributed by atoms with Gasteiger partial charge in [-0.15, -0.1) is 0 Å². The van der Waals surface area contributed by atoms with Crippen LogP contribution in [0, 0.1) is 22.7 Å². The van der Waals surface area contributed by atoms with Gasteiger partial charge in [0.2, 0.25) is 5.82 Å². The van der Waals surface area contributed by atoms with Gasteiger partial charge in [-0.3, -0.25) is 0 Å². The fourth-order valence-corrected chi connectivity index (χ4v) is 3.51. The van der Waals surface area contributed by atoms with Crippen LogP contribution in [0.1, 0.15) is 52.8 Å². The number of hydrogen-bond acceptors (Lipinski definition) is 6. The summed E-state index contributed by atoms with van der Waals surface area (Å²) in [5.41, 5.74) is -0.106. The molecule has 1 saturated carbocycles. The molecule has 1 aromatic heterocycles. The Morgan fingerprint density at radius 2 is 1.81 bits per heavy atom. The molecule has 27 heavy (non-hydrogen) atoms. The summed E-state index contributed by atoms with van der Waals surface area (Å²) < 4.78 is 11.6. The molecule has 1 aliphatic heterocycles. The molecule has 0 atom stereocenters. The van der Waals surface area contributed by atoms with Crippen molar-refractivity contribution in [1.82, 2.24) is 15.3 Å². The van der Waals surface area contributed by atoms with Gasteiger partial charge in [0.25, 0.3) is 0 Å². The van der Waals surface area contributed by atoms with E-state index >= 15 is 0 Å². The first-order chi connectivity index (χ1) is 12.7. The number of aliphatic hydroxyl groups is 1. The van der Waals surface area contributed by atoms with Gasteiger partial charge in [0.05, 0.1) is 31.2 Å². The van der Waals surface area contributed by atoms with Gasteiger partial charge in [-0.1, -0.05) is 19.8 Å². The minimum Gasteiger partial charge on any atom is -0.487 e. The van der Waals surface area contributed by atoms with Crippen molar-refractivity contribution in [3.8, 4) is 17.6 Å². The number of nitrogens with zero attached hydrogens (tertiary/aromatic N) is 2. The second kappa shape index (κ2) is 8.14. The van der Waals surface area contributed by atoms with E-state index in [4.69, 9.17) is 9.47 Å². The van der Waals surface area contributed by atoms with Gasteiger partial charge >= 0.3 is 0 Å². The third kappa shape index (κ3) is 6.17. The van der Waals surface area contributed by atoms with Crippen LogP contribution in [-0.2, 0) is 4.74 Å². The quantitative estimate of drug-likeness (QED) is 0.714. The number of nitrogens with one attached hydrogen (secondary N) is 1. The topological polar surface area (TPSA) is 76.5 Å². The van der Waals surface area contributed by atoms with E-state index < -0.39 is 0 Å². The average molecular weight is 373 g/mol. The first-order valence-electron chi connectivity index (χ1n) is 9.73. The van der Waals surface area contributed by atoms with E-state index in [1.807, 2.05) is 0 Å². The molecule has 2 aliphatic rings. The van der Waals surface area contributed by atoms with E-state index in [1.54, 1.807) is 12.4 Å².